The monoisotopic (exact) mass is 307 g/mol. The summed E-state index contributed by atoms with van der Waals surface area (Å²) in [7, 11) is 3.11. The summed E-state index contributed by atoms with van der Waals surface area (Å²) < 4.78 is 10.4. The van der Waals surface area contributed by atoms with Crippen molar-refractivity contribution >= 4 is 17.6 Å². The number of rotatable bonds is 3. The molecule has 1 aliphatic heterocycles. The fourth-order valence-electron chi connectivity index (χ4n) is 2.34. The number of amides is 3. The van der Waals surface area contributed by atoms with Crippen molar-refractivity contribution in [1.82, 2.24) is 9.80 Å². The zero-order valence-corrected chi connectivity index (χ0v) is 13.1. The summed E-state index contributed by atoms with van der Waals surface area (Å²) in [6.07, 6.45) is 0. The number of methoxy groups -OCH3 is 2. The molecule has 0 bridgehead atoms. The first-order valence-electron chi connectivity index (χ1n) is 7.08. The highest BCUT2D eigenvalue weighted by Gasteiger charge is 2.22. The van der Waals surface area contributed by atoms with E-state index in [-0.39, 0.29) is 11.9 Å². The van der Waals surface area contributed by atoms with Crippen molar-refractivity contribution in [3.8, 4) is 11.5 Å². The van der Waals surface area contributed by atoms with Crippen molar-refractivity contribution in [2.45, 2.75) is 6.92 Å². The van der Waals surface area contributed by atoms with E-state index in [2.05, 4.69) is 5.32 Å². The normalized spacial score (nSPS) is 14.5. The molecule has 2 rings (SSSR count). The molecule has 1 fully saturated rings. The van der Waals surface area contributed by atoms with E-state index in [1.54, 1.807) is 49.1 Å². The zero-order valence-electron chi connectivity index (χ0n) is 13.1. The SMILES string of the molecule is COc1ccc(NC(=O)N2CCN(C(C)=O)CC2)cc1OC. The fourth-order valence-corrected chi connectivity index (χ4v) is 2.34. The summed E-state index contributed by atoms with van der Waals surface area (Å²) in [6.45, 7) is 3.72. The number of carbonyl (C=O) groups is 2. The second-order valence-corrected chi connectivity index (χ2v) is 4.99. The molecule has 1 aromatic carbocycles. The van der Waals surface area contributed by atoms with Crippen LogP contribution in [0.25, 0.3) is 0 Å². The molecule has 0 atom stereocenters. The summed E-state index contributed by atoms with van der Waals surface area (Å²) >= 11 is 0. The molecule has 0 radical (unpaired) electrons. The molecular weight excluding hydrogens is 286 g/mol. The average molecular weight is 307 g/mol. The second-order valence-electron chi connectivity index (χ2n) is 4.99. The molecule has 1 aliphatic rings. The van der Waals surface area contributed by atoms with Gasteiger partial charge in [0.05, 0.1) is 14.2 Å². The Morgan fingerprint density at radius 2 is 1.59 bits per heavy atom. The molecule has 7 nitrogen and oxygen atoms in total. The topological polar surface area (TPSA) is 71.1 Å². The highest BCUT2D eigenvalue weighted by atomic mass is 16.5. The maximum Gasteiger partial charge on any atom is 0.321 e. The number of piperazine rings is 1. The van der Waals surface area contributed by atoms with Crippen LogP contribution in [0.2, 0.25) is 0 Å². The van der Waals surface area contributed by atoms with E-state index >= 15 is 0 Å². The summed E-state index contributed by atoms with van der Waals surface area (Å²) in [5.74, 6) is 1.21. The largest absolute Gasteiger partial charge is 0.493 e. The third-order valence-corrected chi connectivity index (χ3v) is 3.65. The van der Waals surface area contributed by atoms with Gasteiger partial charge in [0.15, 0.2) is 11.5 Å². The van der Waals surface area contributed by atoms with Crippen LogP contribution in [0, 0.1) is 0 Å². The Kier molecular flexibility index (Phi) is 5.08. The lowest BCUT2D eigenvalue weighted by atomic mass is 10.2. The van der Waals surface area contributed by atoms with Crippen LogP contribution < -0.4 is 14.8 Å². The Morgan fingerprint density at radius 3 is 2.14 bits per heavy atom. The molecule has 0 aromatic heterocycles. The lowest BCUT2D eigenvalue weighted by Gasteiger charge is -2.34. The molecule has 0 saturated carbocycles. The number of carbonyl (C=O) groups excluding carboxylic acids is 2. The molecule has 0 unspecified atom stereocenters. The third kappa shape index (κ3) is 3.60. The number of benzene rings is 1. The predicted molar refractivity (Wildman–Crippen MR) is 82.4 cm³/mol. The lowest BCUT2D eigenvalue weighted by molar-refractivity contribution is -0.130. The molecule has 0 spiro atoms. The number of hydrogen-bond donors (Lipinski definition) is 1. The van der Waals surface area contributed by atoms with Gasteiger partial charge in [0.2, 0.25) is 5.91 Å². The van der Waals surface area contributed by atoms with E-state index in [1.807, 2.05) is 0 Å². The van der Waals surface area contributed by atoms with Crippen LogP contribution in [0.1, 0.15) is 6.92 Å². The van der Waals surface area contributed by atoms with Crippen LogP contribution in [0.5, 0.6) is 11.5 Å². The molecule has 1 saturated heterocycles. The van der Waals surface area contributed by atoms with Crippen molar-refractivity contribution in [2.75, 3.05) is 45.7 Å². The second kappa shape index (κ2) is 7.02. The molecule has 22 heavy (non-hydrogen) atoms. The molecule has 7 heteroatoms. The fraction of sp³-hybridized carbons (Fsp3) is 0.467. The van der Waals surface area contributed by atoms with E-state index in [4.69, 9.17) is 9.47 Å². The molecule has 3 amide bonds. The van der Waals surface area contributed by atoms with Gasteiger partial charge in [-0.1, -0.05) is 0 Å². The smallest absolute Gasteiger partial charge is 0.321 e. The van der Waals surface area contributed by atoms with Crippen molar-refractivity contribution in [3.63, 3.8) is 0 Å². The predicted octanol–water partition coefficient (Wildman–Crippen LogP) is 1.40. The highest BCUT2D eigenvalue weighted by molar-refractivity contribution is 5.90. The maximum atomic E-state index is 12.2. The zero-order chi connectivity index (χ0) is 16.1. The van der Waals surface area contributed by atoms with Gasteiger partial charge in [-0.3, -0.25) is 4.79 Å². The number of anilines is 1. The summed E-state index contributed by atoms with van der Waals surface area (Å²) in [4.78, 5) is 26.9. The van der Waals surface area contributed by atoms with Gasteiger partial charge in [0.25, 0.3) is 0 Å². The Labute approximate surface area is 129 Å². The van der Waals surface area contributed by atoms with Crippen molar-refractivity contribution < 1.29 is 19.1 Å². The Morgan fingerprint density at radius 1 is 1.00 bits per heavy atom. The van der Waals surface area contributed by atoms with Crippen molar-refractivity contribution in [3.05, 3.63) is 18.2 Å². The first-order chi connectivity index (χ1) is 10.5. The minimum Gasteiger partial charge on any atom is -0.493 e. The van der Waals surface area contributed by atoms with E-state index in [1.165, 1.54) is 0 Å². The molecule has 0 aliphatic carbocycles. The maximum absolute atomic E-state index is 12.2. The standard InChI is InChI=1S/C15H21N3O4/c1-11(19)17-6-8-18(9-7-17)15(20)16-12-4-5-13(21-2)14(10-12)22-3/h4-5,10H,6-9H2,1-3H3,(H,16,20). The number of hydrogen-bond acceptors (Lipinski definition) is 4. The van der Waals surface area contributed by atoms with Crippen molar-refractivity contribution in [2.24, 2.45) is 0 Å². The number of nitrogens with zero attached hydrogens (tertiary/aromatic N) is 2. The number of ether oxygens (including phenoxy) is 2. The molecule has 1 aromatic rings. The minimum atomic E-state index is -0.185. The van der Waals surface area contributed by atoms with Gasteiger partial charge in [0.1, 0.15) is 0 Å². The Balaban J connectivity index is 1.96. The summed E-state index contributed by atoms with van der Waals surface area (Å²) in [5, 5.41) is 2.83. The van der Waals surface area contributed by atoms with Gasteiger partial charge in [-0.25, -0.2) is 4.79 Å². The van der Waals surface area contributed by atoms with Crippen molar-refractivity contribution in [1.29, 1.82) is 0 Å². The molecule has 1 heterocycles. The van der Waals surface area contributed by atoms with Gasteiger partial charge in [-0.05, 0) is 12.1 Å². The van der Waals surface area contributed by atoms with E-state index in [0.29, 0.717) is 43.4 Å². The van der Waals surface area contributed by atoms with Gasteiger partial charge < -0.3 is 24.6 Å². The molecular formula is C15H21N3O4. The average Bonchev–Trinajstić information content (AvgIpc) is 2.54. The lowest BCUT2D eigenvalue weighted by Crippen LogP contribution is -2.51. The third-order valence-electron chi connectivity index (χ3n) is 3.65. The van der Waals surface area contributed by atoms with E-state index in [9.17, 15) is 9.59 Å². The van der Waals surface area contributed by atoms with Gasteiger partial charge in [0, 0.05) is 44.9 Å². The van der Waals surface area contributed by atoms with Crippen LogP contribution in [0.3, 0.4) is 0 Å². The minimum absolute atomic E-state index is 0.0416. The van der Waals surface area contributed by atoms with Crippen LogP contribution in [0.15, 0.2) is 18.2 Å². The van der Waals surface area contributed by atoms with Crippen LogP contribution in [0.4, 0.5) is 10.5 Å². The van der Waals surface area contributed by atoms with Gasteiger partial charge in [-0.15, -0.1) is 0 Å². The van der Waals surface area contributed by atoms with Crippen LogP contribution in [-0.2, 0) is 4.79 Å². The number of nitrogens with one attached hydrogen (secondary N) is 1. The highest BCUT2D eigenvalue weighted by Crippen LogP contribution is 2.29. The first-order valence-corrected chi connectivity index (χ1v) is 7.08. The molecule has 1 N–H and O–H groups in total. The Hall–Kier alpha value is -2.44. The Bertz CT molecular complexity index is 554. The molecule has 120 valence electrons. The van der Waals surface area contributed by atoms with E-state index in [0.717, 1.165) is 0 Å². The summed E-state index contributed by atoms with van der Waals surface area (Å²) in [5.41, 5.74) is 0.636. The van der Waals surface area contributed by atoms with Crippen LogP contribution >= 0.6 is 0 Å². The van der Waals surface area contributed by atoms with E-state index < -0.39 is 0 Å². The van der Waals surface area contributed by atoms with Gasteiger partial charge >= 0.3 is 6.03 Å². The first kappa shape index (κ1) is 15.9. The van der Waals surface area contributed by atoms with Gasteiger partial charge in [-0.2, -0.15) is 0 Å². The van der Waals surface area contributed by atoms with Crippen LogP contribution in [-0.4, -0.2) is 62.1 Å². The summed E-state index contributed by atoms with van der Waals surface area (Å²) in [6, 6.07) is 5.02. The number of urea groups is 1. The quantitative estimate of drug-likeness (QED) is 0.916.